The van der Waals surface area contributed by atoms with Gasteiger partial charge in [0.15, 0.2) is 0 Å². The average molecular weight is 347 g/mol. The summed E-state index contributed by atoms with van der Waals surface area (Å²) in [6.07, 6.45) is 0.969. The molecule has 7 nitrogen and oxygen atoms in total. The van der Waals surface area contributed by atoms with Crippen LogP contribution in [0, 0.1) is 0 Å². The molecule has 25 heavy (non-hydrogen) atoms. The first-order valence-electron chi connectivity index (χ1n) is 8.84. The van der Waals surface area contributed by atoms with Crippen molar-refractivity contribution in [2.24, 2.45) is 0 Å². The number of hydrogen-bond acceptors (Lipinski definition) is 5. The maximum Gasteiger partial charge on any atom is 0.248 e. The molecule has 1 aromatic carbocycles. The molecule has 0 saturated carbocycles. The van der Waals surface area contributed by atoms with Gasteiger partial charge in [-0.15, -0.1) is 0 Å². The summed E-state index contributed by atoms with van der Waals surface area (Å²) in [4.78, 5) is 32.1. The lowest BCUT2D eigenvalue weighted by Crippen LogP contribution is -2.56. The number of carbonyl (C=O) groups excluding carboxylic acids is 2. The Balaban J connectivity index is 1.71. The largest absolute Gasteiger partial charge is 0.494 e. The van der Waals surface area contributed by atoms with E-state index in [-0.39, 0.29) is 18.2 Å². The fourth-order valence-corrected chi connectivity index (χ4v) is 3.23. The van der Waals surface area contributed by atoms with E-state index >= 15 is 0 Å². The minimum absolute atomic E-state index is 0.104. The molecule has 2 heterocycles. The zero-order valence-corrected chi connectivity index (χ0v) is 14.6. The number of ether oxygens (including phenoxy) is 1. The lowest BCUT2D eigenvalue weighted by molar-refractivity contribution is -0.171. The number of hydrogen-bond donors (Lipinski definition) is 1. The van der Waals surface area contributed by atoms with E-state index in [1.54, 1.807) is 0 Å². The van der Waals surface area contributed by atoms with Gasteiger partial charge >= 0.3 is 0 Å². The molecular formula is C18H25N3O4. The summed E-state index contributed by atoms with van der Waals surface area (Å²) in [5, 5.41) is 4.24. The number of hydroxylamine groups is 2. The standard InChI is InChI=1S/C18H25N3O4/c1-2-24-16-7-4-3-6-14(16)13-20-10-8-19-18(23)15(20)12-17(22)21-9-5-11-25-21/h3-4,6-7,15H,2,5,8-13H2,1H3,(H,19,23). The molecule has 0 radical (unpaired) electrons. The van der Waals surface area contributed by atoms with E-state index in [0.29, 0.717) is 39.4 Å². The van der Waals surface area contributed by atoms with Crippen molar-refractivity contribution in [3.63, 3.8) is 0 Å². The molecule has 0 bridgehead atoms. The predicted molar refractivity (Wildman–Crippen MR) is 91.7 cm³/mol. The van der Waals surface area contributed by atoms with Crippen molar-refractivity contribution in [2.45, 2.75) is 32.4 Å². The molecule has 7 heteroatoms. The lowest BCUT2D eigenvalue weighted by Gasteiger charge is -2.35. The van der Waals surface area contributed by atoms with Crippen molar-refractivity contribution >= 4 is 11.8 Å². The predicted octanol–water partition coefficient (Wildman–Crippen LogP) is 0.940. The highest BCUT2D eigenvalue weighted by atomic mass is 16.7. The molecule has 0 aliphatic carbocycles. The van der Waals surface area contributed by atoms with Gasteiger partial charge in [0.25, 0.3) is 0 Å². The number of rotatable bonds is 6. The Morgan fingerprint density at radius 3 is 2.96 bits per heavy atom. The molecule has 1 N–H and O–H groups in total. The number of carbonyl (C=O) groups is 2. The lowest BCUT2D eigenvalue weighted by atomic mass is 10.1. The van der Waals surface area contributed by atoms with Crippen LogP contribution in [-0.2, 0) is 21.0 Å². The monoisotopic (exact) mass is 347 g/mol. The van der Waals surface area contributed by atoms with Crippen LogP contribution < -0.4 is 10.1 Å². The van der Waals surface area contributed by atoms with Crippen molar-refractivity contribution in [1.29, 1.82) is 0 Å². The number of benzene rings is 1. The Kier molecular flexibility index (Phi) is 5.88. The second-order valence-electron chi connectivity index (χ2n) is 6.20. The van der Waals surface area contributed by atoms with Crippen LogP contribution in [0.3, 0.4) is 0 Å². The molecule has 0 aromatic heterocycles. The van der Waals surface area contributed by atoms with Crippen LogP contribution in [0.1, 0.15) is 25.3 Å². The molecule has 3 rings (SSSR count). The SMILES string of the molecule is CCOc1ccccc1CN1CCNC(=O)C1CC(=O)N1CCCO1. The maximum absolute atomic E-state index is 12.4. The van der Waals surface area contributed by atoms with E-state index in [0.717, 1.165) is 17.7 Å². The molecule has 2 fully saturated rings. The van der Waals surface area contributed by atoms with Gasteiger partial charge in [-0.3, -0.25) is 19.3 Å². The van der Waals surface area contributed by atoms with Gasteiger partial charge in [0.2, 0.25) is 11.8 Å². The summed E-state index contributed by atoms with van der Waals surface area (Å²) >= 11 is 0. The maximum atomic E-state index is 12.4. The highest BCUT2D eigenvalue weighted by Crippen LogP contribution is 2.23. The molecule has 1 atom stereocenters. The average Bonchev–Trinajstić information content (AvgIpc) is 3.14. The van der Waals surface area contributed by atoms with Crippen LogP contribution >= 0.6 is 0 Å². The van der Waals surface area contributed by atoms with Gasteiger partial charge in [-0.1, -0.05) is 18.2 Å². The van der Waals surface area contributed by atoms with Crippen molar-refractivity contribution in [1.82, 2.24) is 15.3 Å². The third-order valence-electron chi connectivity index (χ3n) is 4.49. The molecular weight excluding hydrogens is 322 g/mol. The summed E-state index contributed by atoms with van der Waals surface area (Å²) in [5.41, 5.74) is 1.02. The molecule has 1 aromatic rings. The second kappa shape index (κ2) is 8.31. The van der Waals surface area contributed by atoms with Crippen molar-refractivity contribution in [3.05, 3.63) is 29.8 Å². The Labute approximate surface area is 147 Å². The van der Waals surface area contributed by atoms with E-state index < -0.39 is 6.04 Å². The minimum atomic E-state index is -0.486. The van der Waals surface area contributed by atoms with Crippen LogP contribution in [0.4, 0.5) is 0 Å². The van der Waals surface area contributed by atoms with E-state index in [4.69, 9.17) is 9.57 Å². The minimum Gasteiger partial charge on any atom is -0.494 e. The first-order valence-corrected chi connectivity index (χ1v) is 8.84. The van der Waals surface area contributed by atoms with E-state index in [9.17, 15) is 9.59 Å². The third-order valence-corrected chi connectivity index (χ3v) is 4.49. The number of para-hydroxylation sites is 1. The summed E-state index contributed by atoms with van der Waals surface area (Å²) in [7, 11) is 0. The van der Waals surface area contributed by atoms with Gasteiger partial charge in [-0.2, -0.15) is 0 Å². The van der Waals surface area contributed by atoms with Crippen LogP contribution in [0.25, 0.3) is 0 Å². The number of piperazine rings is 1. The number of nitrogens with one attached hydrogen (secondary N) is 1. The molecule has 136 valence electrons. The number of nitrogens with zero attached hydrogens (tertiary/aromatic N) is 2. The van der Waals surface area contributed by atoms with Gasteiger partial charge in [-0.25, -0.2) is 5.06 Å². The topological polar surface area (TPSA) is 71.1 Å². The van der Waals surface area contributed by atoms with Gasteiger partial charge in [-0.05, 0) is 19.4 Å². The Morgan fingerprint density at radius 2 is 2.20 bits per heavy atom. The smallest absolute Gasteiger partial charge is 0.248 e. The highest BCUT2D eigenvalue weighted by Gasteiger charge is 2.34. The zero-order valence-electron chi connectivity index (χ0n) is 14.6. The van der Waals surface area contributed by atoms with Crippen LogP contribution in [0.15, 0.2) is 24.3 Å². The molecule has 2 aliphatic heterocycles. The fourth-order valence-electron chi connectivity index (χ4n) is 3.23. The first-order chi connectivity index (χ1) is 12.2. The normalized spacial score (nSPS) is 21.2. The van der Waals surface area contributed by atoms with Gasteiger partial charge in [0.05, 0.1) is 32.2 Å². The Bertz CT molecular complexity index is 616. The van der Waals surface area contributed by atoms with E-state index in [1.807, 2.05) is 36.1 Å². The summed E-state index contributed by atoms with van der Waals surface area (Å²) in [6, 6.07) is 7.34. The Morgan fingerprint density at radius 1 is 1.36 bits per heavy atom. The second-order valence-corrected chi connectivity index (χ2v) is 6.20. The van der Waals surface area contributed by atoms with Crippen LogP contribution in [-0.4, -0.2) is 60.7 Å². The number of amides is 2. The molecule has 2 saturated heterocycles. The first kappa shape index (κ1) is 17.7. The molecule has 0 spiro atoms. The fraction of sp³-hybridized carbons (Fsp3) is 0.556. The van der Waals surface area contributed by atoms with Crippen molar-refractivity contribution < 1.29 is 19.2 Å². The Hall–Kier alpha value is -2.12. The van der Waals surface area contributed by atoms with Crippen LogP contribution in [0.2, 0.25) is 0 Å². The highest BCUT2D eigenvalue weighted by molar-refractivity contribution is 5.88. The zero-order chi connectivity index (χ0) is 17.6. The molecule has 2 amide bonds. The third kappa shape index (κ3) is 4.29. The van der Waals surface area contributed by atoms with E-state index in [2.05, 4.69) is 5.32 Å². The van der Waals surface area contributed by atoms with Crippen molar-refractivity contribution in [2.75, 3.05) is 32.8 Å². The van der Waals surface area contributed by atoms with Crippen LogP contribution in [0.5, 0.6) is 5.75 Å². The summed E-state index contributed by atoms with van der Waals surface area (Å²) in [5.74, 6) is 0.583. The van der Waals surface area contributed by atoms with Gasteiger partial charge in [0.1, 0.15) is 5.75 Å². The van der Waals surface area contributed by atoms with Gasteiger partial charge < -0.3 is 10.1 Å². The summed E-state index contributed by atoms with van der Waals surface area (Å²) < 4.78 is 5.68. The summed E-state index contributed by atoms with van der Waals surface area (Å²) in [6.45, 7) is 5.55. The molecule has 1 unspecified atom stereocenters. The van der Waals surface area contributed by atoms with E-state index in [1.165, 1.54) is 5.06 Å². The quantitative estimate of drug-likeness (QED) is 0.829. The molecule has 2 aliphatic rings. The van der Waals surface area contributed by atoms with Crippen molar-refractivity contribution in [3.8, 4) is 5.75 Å². The van der Waals surface area contributed by atoms with Gasteiger partial charge in [0, 0.05) is 25.2 Å².